The second kappa shape index (κ2) is 5.83. The van der Waals surface area contributed by atoms with E-state index < -0.39 is 0 Å². The molecule has 1 aliphatic rings. The molecule has 4 heteroatoms. The lowest BCUT2D eigenvalue weighted by atomic mass is 10.2. The minimum absolute atomic E-state index is 0.358. The fraction of sp³-hybridized carbons (Fsp3) is 0.538. The number of nitrogens with zero attached hydrogens (tertiary/aromatic N) is 1. The number of rotatable bonds is 4. The average Bonchev–Trinajstić information content (AvgIpc) is 2.81. The number of para-hydroxylation sites is 2. The van der Waals surface area contributed by atoms with Crippen LogP contribution in [0.4, 0.5) is 5.69 Å². The number of halogens is 2. The summed E-state index contributed by atoms with van der Waals surface area (Å²) in [5, 5.41) is 0. The van der Waals surface area contributed by atoms with Gasteiger partial charge in [0.15, 0.2) is 0 Å². The van der Waals surface area contributed by atoms with Crippen molar-refractivity contribution in [1.29, 1.82) is 0 Å². The van der Waals surface area contributed by atoms with Crippen LogP contribution in [0.2, 0.25) is 0 Å². The molecule has 0 bridgehead atoms. The zero-order chi connectivity index (χ0) is 12.3. The first kappa shape index (κ1) is 12.8. The number of hydrogen-bond donors (Lipinski definition) is 0. The predicted molar refractivity (Wildman–Crippen MR) is 73.7 cm³/mol. The Morgan fingerprint density at radius 2 is 1.76 bits per heavy atom. The minimum Gasteiger partial charge on any atom is -0.495 e. The van der Waals surface area contributed by atoms with Crippen LogP contribution in [0.25, 0.3) is 0 Å². The standard InChI is InChI=1S/C13H17Cl2NO/c1-17-13-5-3-2-4-12(13)16-10(8-14)6-7-11(16)9-15/h2-5,10-11H,6-9H2,1H3. The number of methoxy groups -OCH3 is 1. The Kier molecular flexibility index (Phi) is 4.41. The molecule has 1 heterocycles. The highest BCUT2D eigenvalue weighted by Gasteiger charge is 2.33. The molecule has 0 spiro atoms. The van der Waals surface area contributed by atoms with Crippen LogP contribution in [0.3, 0.4) is 0 Å². The van der Waals surface area contributed by atoms with Crippen molar-refractivity contribution >= 4 is 28.9 Å². The van der Waals surface area contributed by atoms with Gasteiger partial charge in [0, 0.05) is 23.8 Å². The normalized spacial score (nSPS) is 24.1. The third-order valence-corrected chi connectivity index (χ3v) is 4.05. The molecule has 0 aromatic heterocycles. The van der Waals surface area contributed by atoms with Crippen LogP contribution in [-0.2, 0) is 0 Å². The first-order valence-corrected chi connectivity index (χ1v) is 6.92. The third-order valence-electron chi connectivity index (χ3n) is 3.34. The molecule has 1 aliphatic heterocycles. The summed E-state index contributed by atoms with van der Waals surface area (Å²) in [7, 11) is 1.69. The van der Waals surface area contributed by atoms with Crippen LogP contribution in [0.1, 0.15) is 12.8 Å². The van der Waals surface area contributed by atoms with Gasteiger partial charge in [-0.15, -0.1) is 23.2 Å². The van der Waals surface area contributed by atoms with Gasteiger partial charge in [-0.2, -0.15) is 0 Å². The molecule has 0 saturated carbocycles. The van der Waals surface area contributed by atoms with E-state index in [1.165, 1.54) is 0 Å². The lowest BCUT2D eigenvalue weighted by molar-refractivity contribution is 0.413. The molecule has 2 atom stereocenters. The summed E-state index contributed by atoms with van der Waals surface area (Å²) in [6, 6.07) is 8.76. The second-order valence-electron chi connectivity index (χ2n) is 4.27. The summed E-state index contributed by atoms with van der Waals surface area (Å²) >= 11 is 12.1. The Bertz CT molecular complexity index is 360. The van der Waals surface area contributed by atoms with Gasteiger partial charge in [0.25, 0.3) is 0 Å². The highest BCUT2D eigenvalue weighted by atomic mass is 35.5. The summed E-state index contributed by atoms with van der Waals surface area (Å²) < 4.78 is 5.42. The molecule has 1 saturated heterocycles. The summed E-state index contributed by atoms with van der Waals surface area (Å²) in [4.78, 5) is 2.32. The van der Waals surface area contributed by atoms with Gasteiger partial charge in [0.05, 0.1) is 12.8 Å². The van der Waals surface area contributed by atoms with Gasteiger partial charge in [0.2, 0.25) is 0 Å². The summed E-state index contributed by atoms with van der Waals surface area (Å²) in [6.45, 7) is 0. The Morgan fingerprint density at radius 3 is 2.29 bits per heavy atom. The maximum atomic E-state index is 6.04. The zero-order valence-corrected chi connectivity index (χ0v) is 11.4. The Labute approximate surface area is 112 Å². The zero-order valence-electron chi connectivity index (χ0n) is 9.90. The van der Waals surface area contributed by atoms with Crippen molar-refractivity contribution in [2.75, 3.05) is 23.8 Å². The van der Waals surface area contributed by atoms with Gasteiger partial charge >= 0.3 is 0 Å². The molecule has 2 unspecified atom stereocenters. The van der Waals surface area contributed by atoms with Crippen LogP contribution in [0.15, 0.2) is 24.3 Å². The second-order valence-corrected chi connectivity index (χ2v) is 4.89. The Balaban J connectivity index is 2.34. The molecule has 0 amide bonds. The molecule has 1 fully saturated rings. The maximum Gasteiger partial charge on any atom is 0.142 e. The molecule has 2 rings (SSSR count). The maximum absolute atomic E-state index is 6.04. The molecule has 1 aromatic carbocycles. The third kappa shape index (κ3) is 2.48. The van der Waals surface area contributed by atoms with E-state index in [1.54, 1.807) is 7.11 Å². The van der Waals surface area contributed by atoms with Gasteiger partial charge in [0.1, 0.15) is 5.75 Å². The first-order chi connectivity index (χ1) is 8.31. The van der Waals surface area contributed by atoms with Gasteiger partial charge in [-0.3, -0.25) is 0 Å². The van der Waals surface area contributed by atoms with Crippen LogP contribution in [0.5, 0.6) is 5.75 Å². The van der Waals surface area contributed by atoms with Crippen molar-refractivity contribution in [3.63, 3.8) is 0 Å². The van der Waals surface area contributed by atoms with E-state index in [4.69, 9.17) is 27.9 Å². The van der Waals surface area contributed by atoms with E-state index in [9.17, 15) is 0 Å². The van der Waals surface area contributed by atoms with E-state index in [2.05, 4.69) is 11.0 Å². The number of hydrogen-bond acceptors (Lipinski definition) is 2. The van der Waals surface area contributed by atoms with Crippen molar-refractivity contribution in [1.82, 2.24) is 0 Å². The summed E-state index contributed by atoms with van der Waals surface area (Å²) in [5.41, 5.74) is 1.10. The molecule has 17 heavy (non-hydrogen) atoms. The molecular weight excluding hydrogens is 257 g/mol. The quantitative estimate of drug-likeness (QED) is 0.779. The summed E-state index contributed by atoms with van der Waals surface area (Å²) in [6.07, 6.45) is 2.19. The van der Waals surface area contributed by atoms with Crippen molar-refractivity contribution in [3.05, 3.63) is 24.3 Å². The van der Waals surface area contributed by atoms with Crippen LogP contribution in [-0.4, -0.2) is 31.0 Å². The topological polar surface area (TPSA) is 12.5 Å². The predicted octanol–water partition coefficient (Wildman–Crippen LogP) is 3.51. The van der Waals surface area contributed by atoms with E-state index in [0.717, 1.165) is 24.3 Å². The number of ether oxygens (including phenoxy) is 1. The van der Waals surface area contributed by atoms with Crippen LogP contribution >= 0.6 is 23.2 Å². The number of anilines is 1. The molecule has 0 N–H and O–H groups in total. The molecule has 0 radical (unpaired) electrons. The number of alkyl halides is 2. The van der Waals surface area contributed by atoms with Crippen molar-refractivity contribution in [2.24, 2.45) is 0 Å². The largest absolute Gasteiger partial charge is 0.495 e. The lowest BCUT2D eigenvalue weighted by Gasteiger charge is -2.31. The summed E-state index contributed by atoms with van der Waals surface area (Å²) in [5.74, 6) is 2.15. The van der Waals surface area contributed by atoms with E-state index >= 15 is 0 Å². The van der Waals surface area contributed by atoms with E-state index in [1.807, 2.05) is 18.2 Å². The molecule has 1 aromatic rings. The monoisotopic (exact) mass is 273 g/mol. The van der Waals surface area contributed by atoms with E-state index in [-0.39, 0.29) is 0 Å². The SMILES string of the molecule is COc1ccccc1N1C(CCl)CCC1CCl. The Morgan fingerprint density at radius 1 is 1.18 bits per heavy atom. The van der Waals surface area contributed by atoms with Crippen molar-refractivity contribution < 1.29 is 4.74 Å². The molecule has 2 nitrogen and oxygen atoms in total. The van der Waals surface area contributed by atoms with Gasteiger partial charge in [-0.1, -0.05) is 12.1 Å². The van der Waals surface area contributed by atoms with Gasteiger partial charge in [-0.05, 0) is 25.0 Å². The fourth-order valence-electron chi connectivity index (χ4n) is 2.50. The minimum atomic E-state index is 0.358. The highest BCUT2D eigenvalue weighted by molar-refractivity contribution is 6.19. The number of benzene rings is 1. The molecular formula is C13H17Cl2NO. The highest BCUT2D eigenvalue weighted by Crippen LogP contribution is 2.37. The van der Waals surface area contributed by atoms with Crippen molar-refractivity contribution in [3.8, 4) is 5.75 Å². The lowest BCUT2D eigenvalue weighted by Crippen LogP contribution is -2.38. The van der Waals surface area contributed by atoms with E-state index in [0.29, 0.717) is 23.8 Å². The fourth-order valence-corrected chi connectivity index (χ4v) is 3.11. The van der Waals surface area contributed by atoms with Crippen LogP contribution in [0, 0.1) is 0 Å². The van der Waals surface area contributed by atoms with Gasteiger partial charge < -0.3 is 9.64 Å². The van der Waals surface area contributed by atoms with Crippen LogP contribution < -0.4 is 9.64 Å². The Hall–Kier alpha value is -0.600. The molecule has 94 valence electrons. The average molecular weight is 274 g/mol. The first-order valence-electron chi connectivity index (χ1n) is 5.85. The van der Waals surface area contributed by atoms with Gasteiger partial charge in [-0.25, -0.2) is 0 Å². The molecule has 0 aliphatic carbocycles. The van der Waals surface area contributed by atoms with Crippen molar-refractivity contribution in [2.45, 2.75) is 24.9 Å². The smallest absolute Gasteiger partial charge is 0.142 e.